The number of esters is 1. The molecule has 0 radical (unpaired) electrons. The van der Waals surface area contributed by atoms with Crippen LogP contribution < -0.4 is 0 Å². The van der Waals surface area contributed by atoms with Gasteiger partial charge in [-0.25, -0.2) is 9.59 Å². The molecule has 0 aliphatic carbocycles. The van der Waals surface area contributed by atoms with Crippen LogP contribution in [0.2, 0.25) is 0 Å². The first-order chi connectivity index (χ1) is 10.9. The minimum absolute atomic E-state index is 0.0349. The zero-order chi connectivity index (χ0) is 17.4. The summed E-state index contributed by atoms with van der Waals surface area (Å²) in [6, 6.07) is 3.05. The third kappa shape index (κ3) is 6.12. The molecule has 0 saturated heterocycles. The fraction of sp³-hybridized carbons (Fsp3) is 0.214. The van der Waals surface area contributed by atoms with Crippen LogP contribution in [0.4, 0.5) is 0 Å². The number of halogens is 1. The van der Waals surface area contributed by atoms with Gasteiger partial charge in [-0.3, -0.25) is 4.79 Å². The van der Waals surface area contributed by atoms with Crippen molar-refractivity contribution in [1.82, 2.24) is 0 Å². The molecule has 0 aliphatic rings. The Hall–Kier alpha value is -1.71. The lowest BCUT2D eigenvalue weighted by Crippen LogP contribution is -2.09. The van der Waals surface area contributed by atoms with Crippen LogP contribution in [0.15, 0.2) is 26.7 Å². The zero-order valence-electron chi connectivity index (χ0n) is 11.9. The summed E-state index contributed by atoms with van der Waals surface area (Å²) in [7, 11) is 0. The van der Waals surface area contributed by atoms with Crippen molar-refractivity contribution < 1.29 is 29.3 Å². The molecule has 0 spiro atoms. The van der Waals surface area contributed by atoms with Crippen LogP contribution >= 0.6 is 38.6 Å². The van der Waals surface area contributed by atoms with E-state index in [-0.39, 0.29) is 12.0 Å². The SMILES string of the molecule is CCOC(=O)Cc1sccc1C(=O)O.O=C(O)c1ccsc1Br. The highest BCUT2D eigenvalue weighted by Crippen LogP contribution is 2.22. The molecule has 2 rings (SSSR count). The Balaban J connectivity index is 0.000000253. The number of hydrogen-bond acceptors (Lipinski definition) is 6. The number of rotatable bonds is 5. The minimum atomic E-state index is -1.01. The van der Waals surface area contributed by atoms with Gasteiger partial charge in [-0.1, -0.05) is 0 Å². The smallest absolute Gasteiger partial charge is 0.337 e. The summed E-state index contributed by atoms with van der Waals surface area (Å²) < 4.78 is 5.40. The largest absolute Gasteiger partial charge is 0.478 e. The van der Waals surface area contributed by atoms with Crippen molar-refractivity contribution in [1.29, 1.82) is 0 Å². The first kappa shape index (κ1) is 19.3. The molecule has 0 saturated carbocycles. The van der Waals surface area contributed by atoms with Crippen molar-refractivity contribution in [2.75, 3.05) is 6.61 Å². The lowest BCUT2D eigenvalue weighted by atomic mass is 10.2. The lowest BCUT2D eigenvalue weighted by Gasteiger charge is -2.00. The fourth-order valence-corrected chi connectivity index (χ4v) is 3.54. The van der Waals surface area contributed by atoms with E-state index in [2.05, 4.69) is 15.9 Å². The first-order valence-corrected chi connectivity index (χ1v) is 8.83. The molecule has 2 aromatic heterocycles. The van der Waals surface area contributed by atoms with Gasteiger partial charge in [0.25, 0.3) is 0 Å². The van der Waals surface area contributed by atoms with Crippen molar-refractivity contribution in [3.05, 3.63) is 42.7 Å². The Morgan fingerprint density at radius 1 is 1.09 bits per heavy atom. The van der Waals surface area contributed by atoms with Crippen LogP contribution in [0, 0.1) is 0 Å². The van der Waals surface area contributed by atoms with Gasteiger partial charge in [0.1, 0.15) is 0 Å². The normalized spacial score (nSPS) is 9.65. The Labute approximate surface area is 148 Å². The number of carboxylic acids is 2. The van der Waals surface area contributed by atoms with E-state index >= 15 is 0 Å². The number of carbonyl (C=O) groups excluding carboxylic acids is 1. The summed E-state index contributed by atoms with van der Waals surface area (Å²) in [5, 5.41) is 20.6. The third-order valence-corrected chi connectivity index (χ3v) is 5.04. The monoisotopic (exact) mass is 420 g/mol. The van der Waals surface area contributed by atoms with Crippen LogP contribution in [0.1, 0.15) is 32.5 Å². The summed E-state index contributed by atoms with van der Waals surface area (Å²) in [6.45, 7) is 2.02. The zero-order valence-corrected chi connectivity index (χ0v) is 15.2. The second-order valence-corrected chi connectivity index (χ2v) is 7.19. The summed E-state index contributed by atoms with van der Waals surface area (Å²) in [5.41, 5.74) is 0.517. The predicted molar refractivity (Wildman–Crippen MR) is 90.6 cm³/mol. The molecular formula is C14H13BrO6S2. The molecule has 2 aromatic rings. The highest BCUT2D eigenvalue weighted by molar-refractivity contribution is 9.11. The minimum Gasteiger partial charge on any atom is -0.478 e. The molecule has 2 N–H and O–H groups in total. The van der Waals surface area contributed by atoms with Gasteiger partial charge in [-0.05, 0) is 45.7 Å². The van der Waals surface area contributed by atoms with E-state index in [1.165, 1.54) is 28.7 Å². The van der Waals surface area contributed by atoms with E-state index in [4.69, 9.17) is 14.9 Å². The molecule has 0 bridgehead atoms. The van der Waals surface area contributed by atoms with Crippen molar-refractivity contribution in [2.24, 2.45) is 0 Å². The highest BCUT2D eigenvalue weighted by Gasteiger charge is 2.14. The van der Waals surface area contributed by atoms with E-state index in [1.54, 1.807) is 23.8 Å². The molecule has 2 heterocycles. The topological polar surface area (TPSA) is 101 Å². The second-order valence-electron chi connectivity index (χ2n) is 3.96. The van der Waals surface area contributed by atoms with E-state index in [0.717, 1.165) is 0 Å². The van der Waals surface area contributed by atoms with Gasteiger partial charge >= 0.3 is 17.9 Å². The van der Waals surface area contributed by atoms with E-state index in [9.17, 15) is 14.4 Å². The predicted octanol–water partition coefficient (Wildman–Crippen LogP) is 3.76. The summed E-state index contributed by atoms with van der Waals surface area (Å²) in [4.78, 5) is 32.6. The molecule has 23 heavy (non-hydrogen) atoms. The van der Waals surface area contributed by atoms with E-state index < -0.39 is 17.9 Å². The van der Waals surface area contributed by atoms with Crippen molar-refractivity contribution >= 4 is 56.5 Å². The van der Waals surface area contributed by atoms with Crippen molar-refractivity contribution in [2.45, 2.75) is 13.3 Å². The lowest BCUT2D eigenvalue weighted by molar-refractivity contribution is -0.142. The molecule has 0 unspecified atom stereocenters. The van der Waals surface area contributed by atoms with Gasteiger partial charge in [0, 0.05) is 4.88 Å². The number of ether oxygens (including phenoxy) is 1. The molecule has 9 heteroatoms. The quantitative estimate of drug-likeness (QED) is 0.713. The summed E-state index contributed by atoms with van der Waals surface area (Å²) >= 11 is 5.72. The fourth-order valence-electron chi connectivity index (χ4n) is 1.46. The first-order valence-electron chi connectivity index (χ1n) is 6.28. The van der Waals surface area contributed by atoms with Crippen molar-refractivity contribution in [3.63, 3.8) is 0 Å². The van der Waals surface area contributed by atoms with Crippen LogP contribution in [0.5, 0.6) is 0 Å². The van der Waals surface area contributed by atoms with Gasteiger partial charge in [0.2, 0.25) is 0 Å². The number of aromatic carboxylic acids is 2. The number of carbonyl (C=O) groups is 3. The van der Waals surface area contributed by atoms with Gasteiger partial charge in [0.05, 0.1) is 27.9 Å². The molecule has 0 fully saturated rings. The molecule has 0 atom stereocenters. The molecule has 0 amide bonds. The molecule has 0 aliphatic heterocycles. The highest BCUT2D eigenvalue weighted by atomic mass is 79.9. The third-order valence-electron chi connectivity index (χ3n) is 2.43. The maximum absolute atomic E-state index is 11.1. The Morgan fingerprint density at radius 3 is 2.09 bits per heavy atom. The van der Waals surface area contributed by atoms with Gasteiger partial charge in [-0.15, -0.1) is 22.7 Å². The Morgan fingerprint density at radius 2 is 1.65 bits per heavy atom. The van der Waals surface area contributed by atoms with Gasteiger partial charge < -0.3 is 14.9 Å². The van der Waals surface area contributed by atoms with Crippen LogP contribution in [-0.4, -0.2) is 34.7 Å². The van der Waals surface area contributed by atoms with Gasteiger partial charge in [0.15, 0.2) is 0 Å². The standard InChI is InChI=1S/C9H10O4S.C5H3BrO2S/c1-2-13-8(10)5-7-6(9(11)12)3-4-14-7;6-4-3(5(7)8)1-2-9-4/h3-4H,2,5H2,1H3,(H,11,12);1-2H,(H,7,8). The molecule has 124 valence electrons. The summed E-state index contributed by atoms with van der Waals surface area (Å²) in [6.07, 6.45) is 0.0349. The molecular weight excluding hydrogens is 408 g/mol. The summed E-state index contributed by atoms with van der Waals surface area (Å²) in [5.74, 6) is -2.29. The Kier molecular flexibility index (Phi) is 7.93. The second kappa shape index (κ2) is 9.43. The van der Waals surface area contributed by atoms with Crippen LogP contribution in [0.25, 0.3) is 0 Å². The van der Waals surface area contributed by atoms with Crippen molar-refractivity contribution in [3.8, 4) is 0 Å². The average Bonchev–Trinajstić information content (AvgIpc) is 3.08. The van der Waals surface area contributed by atoms with Crippen LogP contribution in [0.3, 0.4) is 0 Å². The molecule has 0 aromatic carbocycles. The van der Waals surface area contributed by atoms with Crippen LogP contribution in [-0.2, 0) is 16.0 Å². The number of carboxylic acid groups (broad SMARTS) is 2. The molecule has 6 nitrogen and oxygen atoms in total. The number of hydrogen-bond donors (Lipinski definition) is 2. The number of thiophene rings is 2. The van der Waals surface area contributed by atoms with E-state index in [1.807, 2.05) is 0 Å². The Bertz CT molecular complexity index is 691. The average molecular weight is 421 g/mol. The van der Waals surface area contributed by atoms with E-state index in [0.29, 0.717) is 20.8 Å². The van der Waals surface area contributed by atoms with Gasteiger partial charge in [-0.2, -0.15) is 0 Å². The maximum Gasteiger partial charge on any atom is 0.337 e. The maximum atomic E-state index is 11.1.